The van der Waals surface area contributed by atoms with Crippen molar-refractivity contribution < 1.29 is 9.84 Å². The molecule has 16 heavy (non-hydrogen) atoms. The standard InChI is InChI=1S/C13H29NO2/c1-6-11(4)12(5)14-7-13(15)9-16-8-10(2)3/h10-15H,6-9H2,1-5H3. The van der Waals surface area contributed by atoms with E-state index >= 15 is 0 Å². The SMILES string of the molecule is CCC(C)C(C)NCC(O)COCC(C)C. The van der Waals surface area contributed by atoms with Crippen molar-refractivity contribution in [3.63, 3.8) is 0 Å². The number of aliphatic hydroxyl groups excluding tert-OH is 1. The number of aliphatic hydroxyl groups is 1. The van der Waals surface area contributed by atoms with Crippen LogP contribution in [0.1, 0.15) is 41.0 Å². The van der Waals surface area contributed by atoms with Gasteiger partial charge in [-0.05, 0) is 18.8 Å². The zero-order valence-electron chi connectivity index (χ0n) is 11.5. The van der Waals surface area contributed by atoms with Gasteiger partial charge in [-0.25, -0.2) is 0 Å². The Kier molecular flexibility index (Phi) is 8.90. The molecule has 0 amide bonds. The smallest absolute Gasteiger partial charge is 0.0897 e. The molecule has 0 fully saturated rings. The second kappa shape index (κ2) is 8.97. The maximum Gasteiger partial charge on any atom is 0.0897 e. The largest absolute Gasteiger partial charge is 0.389 e. The Morgan fingerprint density at radius 3 is 2.25 bits per heavy atom. The summed E-state index contributed by atoms with van der Waals surface area (Å²) in [6, 6.07) is 0.449. The van der Waals surface area contributed by atoms with Crippen molar-refractivity contribution in [3.05, 3.63) is 0 Å². The van der Waals surface area contributed by atoms with Gasteiger partial charge in [0.05, 0.1) is 12.7 Å². The molecule has 0 rings (SSSR count). The molecule has 0 heterocycles. The highest BCUT2D eigenvalue weighted by Gasteiger charge is 2.11. The zero-order valence-corrected chi connectivity index (χ0v) is 11.5. The van der Waals surface area contributed by atoms with Crippen molar-refractivity contribution in [1.82, 2.24) is 5.32 Å². The molecule has 0 saturated heterocycles. The summed E-state index contributed by atoms with van der Waals surface area (Å²) in [7, 11) is 0. The molecule has 0 aliphatic carbocycles. The molecule has 0 aliphatic heterocycles. The highest BCUT2D eigenvalue weighted by atomic mass is 16.5. The Balaban J connectivity index is 3.53. The predicted molar refractivity (Wildman–Crippen MR) is 68.6 cm³/mol. The molecule has 0 bridgehead atoms. The molecule has 0 aromatic rings. The monoisotopic (exact) mass is 231 g/mol. The molecule has 3 nitrogen and oxygen atoms in total. The van der Waals surface area contributed by atoms with Crippen LogP contribution in [0.25, 0.3) is 0 Å². The molecule has 3 atom stereocenters. The Bertz CT molecular complexity index is 162. The lowest BCUT2D eigenvalue weighted by Gasteiger charge is -2.22. The molecule has 3 unspecified atom stereocenters. The topological polar surface area (TPSA) is 41.5 Å². The second-order valence-corrected chi connectivity index (χ2v) is 5.17. The van der Waals surface area contributed by atoms with E-state index in [4.69, 9.17) is 4.74 Å². The van der Waals surface area contributed by atoms with E-state index in [1.165, 1.54) is 0 Å². The minimum absolute atomic E-state index is 0.398. The third-order valence-electron chi connectivity index (χ3n) is 2.93. The highest BCUT2D eigenvalue weighted by Crippen LogP contribution is 2.06. The maximum absolute atomic E-state index is 9.68. The van der Waals surface area contributed by atoms with Crippen molar-refractivity contribution in [2.45, 2.75) is 53.2 Å². The first kappa shape index (κ1) is 15.9. The Labute approximate surface area is 101 Å². The minimum atomic E-state index is -0.398. The summed E-state index contributed by atoms with van der Waals surface area (Å²) in [5.74, 6) is 1.17. The van der Waals surface area contributed by atoms with Crippen LogP contribution in [0.15, 0.2) is 0 Å². The zero-order chi connectivity index (χ0) is 12.6. The molecular weight excluding hydrogens is 202 g/mol. The van der Waals surface area contributed by atoms with Crippen LogP contribution in [0.3, 0.4) is 0 Å². The maximum atomic E-state index is 9.68. The van der Waals surface area contributed by atoms with Gasteiger partial charge in [-0.15, -0.1) is 0 Å². The van der Waals surface area contributed by atoms with Crippen LogP contribution in [0, 0.1) is 11.8 Å². The fourth-order valence-corrected chi connectivity index (χ4v) is 1.38. The summed E-state index contributed by atoms with van der Waals surface area (Å²) in [6.45, 7) is 12.5. The summed E-state index contributed by atoms with van der Waals surface area (Å²) in [5.41, 5.74) is 0. The molecule has 98 valence electrons. The van der Waals surface area contributed by atoms with E-state index in [1.54, 1.807) is 0 Å². The fraction of sp³-hybridized carbons (Fsp3) is 1.00. The van der Waals surface area contributed by atoms with Crippen LogP contribution in [-0.2, 0) is 4.74 Å². The summed E-state index contributed by atoms with van der Waals surface area (Å²) >= 11 is 0. The summed E-state index contributed by atoms with van der Waals surface area (Å²) < 4.78 is 5.39. The van der Waals surface area contributed by atoms with Crippen LogP contribution in [0.5, 0.6) is 0 Å². The fourth-order valence-electron chi connectivity index (χ4n) is 1.38. The van der Waals surface area contributed by atoms with Crippen molar-refractivity contribution in [2.24, 2.45) is 11.8 Å². The quantitative estimate of drug-likeness (QED) is 0.638. The normalized spacial score (nSPS) is 17.4. The molecule has 3 heteroatoms. The van der Waals surface area contributed by atoms with E-state index in [0.29, 0.717) is 31.0 Å². The van der Waals surface area contributed by atoms with Gasteiger partial charge in [-0.3, -0.25) is 0 Å². The first-order valence-electron chi connectivity index (χ1n) is 6.46. The number of rotatable bonds is 9. The van der Waals surface area contributed by atoms with Gasteiger partial charge in [0.2, 0.25) is 0 Å². The first-order chi connectivity index (χ1) is 7.47. The molecule has 0 aliphatic rings. The van der Waals surface area contributed by atoms with E-state index in [2.05, 4.69) is 39.9 Å². The Morgan fingerprint density at radius 1 is 1.12 bits per heavy atom. The van der Waals surface area contributed by atoms with Gasteiger partial charge in [0.25, 0.3) is 0 Å². The van der Waals surface area contributed by atoms with Crippen molar-refractivity contribution in [2.75, 3.05) is 19.8 Å². The predicted octanol–water partition coefficient (Wildman–Crippen LogP) is 2.04. The first-order valence-corrected chi connectivity index (χ1v) is 6.46. The molecule has 0 radical (unpaired) electrons. The molecular formula is C13H29NO2. The van der Waals surface area contributed by atoms with E-state index in [1.807, 2.05) is 0 Å². The van der Waals surface area contributed by atoms with Crippen LogP contribution in [-0.4, -0.2) is 37.0 Å². The van der Waals surface area contributed by atoms with E-state index < -0.39 is 6.10 Å². The average molecular weight is 231 g/mol. The van der Waals surface area contributed by atoms with Crippen molar-refractivity contribution >= 4 is 0 Å². The van der Waals surface area contributed by atoms with Gasteiger partial charge >= 0.3 is 0 Å². The molecule has 0 saturated carbocycles. The van der Waals surface area contributed by atoms with Crippen LogP contribution in [0.4, 0.5) is 0 Å². The van der Waals surface area contributed by atoms with Crippen molar-refractivity contribution in [1.29, 1.82) is 0 Å². The van der Waals surface area contributed by atoms with E-state index in [9.17, 15) is 5.11 Å². The minimum Gasteiger partial charge on any atom is -0.389 e. The third kappa shape index (κ3) is 8.08. The number of hydrogen-bond acceptors (Lipinski definition) is 3. The molecule has 0 aromatic carbocycles. The number of hydrogen-bond donors (Lipinski definition) is 2. The van der Waals surface area contributed by atoms with Crippen molar-refractivity contribution in [3.8, 4) is 0 Å². The highest BCUT2D eigenvalue weighted by molar-refractivity contribution is 4.69. The molecule has 0 aromatic heterocycles. The van der Waals surface area contributed by atoms with Crippen LogP contribution in [0.2, 0.25) is 0 Å². The van der Waals surface area contributed by atoms with E-state index in [-0.39, 0.29) is 0 Å². The second-order valence-electron chi connectivity index (χ2n) is 5.17. The van der Waals surface area contributed by atoms with Gasteiger partial charge in [-0.1, -0.05) is 34.1 Å². The van der Waals surface area contributed by atoms with Gasteiger partial charge in [-0.2, -0.15) is 0 Å². The van der Waals surface area contributed by atoms with Gasteiger partial charge in [0.1, 0.15) is 0 Å². The summed E-state index contributed by atoms with van der Waals surface area (Å²) in [6.07, 6.45) is 0.763. The van der Waals surface area contributed by atoms with Crippen LogP contribution >= 0.6 is 0 Å². The Hall–Kier alpha value is -0.120. The van der Waals surface area contributed by atoms with Gasteiger partial charge in [0.15, 0.2) is 0 Å². The van der Waals surface area contributed by atoms with Crippen LogP contribution < -0.4 is 5.32 Å². The number of ether oxygens (including phenoxy) is 1. The molecule has 0 spiro atoms. The lowest BCUT2D eigenvalue weighted by atomic mass is 10.0. The van der Waals surface area contributed by atoms with Gasteiger partial charge in [0, 0.05) is 19.2 Å². The summed E-state index contributed by atoms with van der Waals surface area (Å²) in [4.78, 5) is 0. The lowest BCUT2D eigenvalue weighted by molar-refractivity contribution is 0.0244. The third-order valence-corrected chi connectivity index (χ3v) is 2.93. The van der Waals surface area contributed by atoms with E-state index in [0.717, 1.165) is 13.0 Å². The molecule has 2 N–H and O–H groups in total. The lowest BCUT2D eigenvalue weighted by Crippen LogP contribution is -2.39. The summed E-state index contributed by atoms with van der Waals surface area (Å²) in [5, 5.41) is 13.0. The Morgan fingerprint density at radius 2 is 1.75 bits per heavy atom. The van der Waals surface area contributed by atoms with Gasteiger partial charge < -0.3 is 15.2 Å². The number of nitrogens with one attached hydrogen (secondary N) is 1. The average Bonchev–Trinajstić information content (AvgIpc) is 2.24.